The van der Waals surface area contributed by atoms with Gasteiger partial charge in [-0.3, -0.25) is 14.1 Å². The normalized spacial score (nSPS) is 22.3. The molecular formula is C33H44N4O5S2. The van der Waals surface area contributed by atoms with Gasteiger partial charge in [0.15, 0.2) is 0 Å². The number of likely N-dealkylation sites (tertiary alicyclic amines) is 2. The number of hydrogen-bond acceptors (Lipinski definition) is 9. The summed E-state index contributed by atoms with van der Waals surface area (Å²) < 4.78 is 46.2. The molecule has 0 saturated carbocycles. The third kappa shape index (κ3) is 6.53. The van der Waals surface area contributed by atoms with Gasteiger partial charge in [-0.25, -0.2) is 8.42 Å². The summed E-state index contributed by atoms with van der Waals surface area (Å²) in [4.78, 5) is 12.9. The van der Waals surface area contributed by atoms with E-state index < -0.39 is 20.6 Å². The van der Waals surface area contributed by atoms with Crippen LogP contribution in [0.25, 0.3) is 10.9 Å². The van der Waals surface area contributed by atoms with E-state index in [1.54, 1.807) is 36.6 Å². The Bertz CT molecular complexity index is 1580. The second-order valence-corrected chi connectivity index (χ2v) is 15.6. The molecule has 1 aromatic heterocycles. The molecule has 3 aliphatic rings. The van der Waals surface area contributed by atoms with Crippen LogP contribution in [0.3, 0.4) is 0 Å². The molecule has 0 bridgehead atoms. The van der Waals surface area contributed by atoms with Crippen LogP contribution >= 0.6 is 0 Å². The van der Waals surface area contributed by atoms with Crippen molar-refractivity contribution < 1.29 is 22.5 Å². The summed E-state index contributed by atoms with van der Waals surface area (Å²) in [6.07, 6.45) is 9.07. The van der Waals surface area contributed by atoms with Crippen molar-refractivity contribution in [3.63, 3.8) is 0 Å². The number of aliphatic hydroxyl groups is 1. The lowest BCUT2D eigenvalue weighted by Crippen LogP contribution is -2.53. The van der Waals surface area contributed by atoms with Gasteiger partial charge in [0.2, 0.25) is 9.84 Å². The molecule has 0 aliphatic carbocycles. The first-order valence-electron chi connectivity index (χ1n) is 15.9. The Hall–Kier alpha value is -2.57. The predicted octanol–water partition coefficient (Wildman–Crippen LogP) is 4.09. The SMILES string of the molecule is CCOc1ccc(S(=O)(=O)c2cnc3ccc([S@@](C)=O)cc3c2N2CCC(N3CCC(N4CCC[C@@H](O)C4)CC3)CC2)cc1. The average Bonchev–Trinajstić information content (AvgIpc) is 3.04. The second kappa shape index (κ2) is 13.4. The maximum absolute atomic E-state index is 14.1. The van der Waals surface area contributed by atoms with E-state index in [9.17, 15) is 17.7 Å². The molecule has 3 saturated heterocycles. The molecule has 0 radical (unpaired) electrons. The summed E-state index contributed by atoms with van der Waals surface area (Å²) >= 11 is 0. The summed E-state index contributed by atoms with van der Waals surface area (Å²) in [5.41, 5.74) is 1.34. The van der Waals surface area contributed by atoms with Crippen molar-refractivity contribution in [3.05, 3.63) is 48.7 Å². The second-order valence-electron chi connectivity index (χ2n) is 12.3. The summed E-state index contributed by atoms with van der Waals surface area (Å²) in [6.45, 7) is 7.87. The lowest BCUT2D eigenvalue weighted by molar-refractivity contribution is 0.0170. The number of rotatable bonds is 8. The summed E-state index contributed by atoms with van der Waals surface area (Å²) in [5.74, 6) is 0.623. The van der Waals surface area contributed by atoms with Gasteiger partial charge >= 0.3 is 0 Å². The number of fused-ring (bicyclic) bond motifs is 1. The number of nitrogens with zero attached hydrogens (tertiary/aromatic N) is 4. The molecule has 0 unspecified atom stereocenters. The minimum absolute atomic E-state index is 0.177. The maximum atomic E-state index is 14.1. The van der Waals surface area contributed by atoms with Gasteiger partial charge in [-0.05, 0) is 108 Å². The number of benzene rings is 2. The zero-order valence-electron chi connectivity index (χ0n) is 25.7. The van der Waals surface area contributed by atoms with Gasteiger partial charge < -0.3 is 19.6 Å². The lowest BCUT2D eigenvalue weighted by Gasteiger charge is -2.45. The highest BCUT2D eigenvalue weighted by atomic mass is 32.2. The zero-order chi connectivity index (χ0) is 30.8. The molecule has 0 spiro atoms. The molecule has 3 fully saturated rings. The molecule has 2 aromatic carbocycles. The summed E-state index contributed by atoms with van der Waals surface area (Å²) in [7, 11) is -5.12. The first-order chi connectivity index (χ1) is 21.2. The fourth-order valence-corrected chi connectivity index (χ4v) is 9.21. The smallest absolute Gasteiger partial charge is 0.210 e. The van der Waals surface area contributed by atoms with Crippen molar-refractivity contribution in [1.82, 2.24) is 14.8 Å². The number of piperidine rings is 3. The molecule has 238 valence electrons. The van der Waals surface area contributed by atoms with Crippen LogP contribution in [-0.4, -0.2) is 103 Å². The highest BCUT2D eigenvalue weighted by molar-refractivity contribution is 7.91. The van der Waals surface area contributed by atoms with E-state index in [2.05, 4.69) is 19.7 Å². The number of hydrogen-bond donors (Lipinski definition) is 1. The van der Waals surface area contributed by atoms with Crippen LogP contribution in [0.5, 0.6) is 5.75 Å². The van der Waals surface area contributed by atoms with Crippen LogP contribution in [0, 0.1) is 0 Å². The predicted molar refractivity (Wildman–Crippen MR) is 174 cm³/mol. The molecule has 44 heavy (non-hydrogen) atoms. The fraction of sp³-hybridized carbons (Fsp3) is 0.545. The van der Waals surface area contributed by atoms with Crippen molar-refractivity contribution in [3.8, 4) is 5.75 Å². The van der Waals surface area contributed by atoms with Crippen LogP contribution < -0.4 is 9.64 Å². The van der Waals surface area contributed by atoms with Gasteiger partial charge in [0.1, 0.15) is 10.6 Å². The Morgan fingerprint density at radius 1 is 0.932 bits per heavy atom. The van der Waals surface area contributed by atoms with Gasteiger partial charge in [0, 0.05) is 65.3 Å². The van der Waals surface area contributed by atoms with E-state index in [4.69, 9.17) is 4.74 Å². The summed E-state index contributed by atoms with van der Waals surface area (Å²) in [6, 6.07) is 13.0. The summed E-state index contributed by atoms with van der Waals surface area (Å²) in [5, 5.41) is 10.9. The topological polar surface area (TPSA) is 103 Å². The number of aromatic nitrogens is 1. The third-order valence-electron chi connectivity index (χ3n) is 9.58. The van der Waals surface area contributed by atoms with Crippen LogP contribution in [0.4, 0.5) is 5.69 Å². The first kappa shape index (κ1) is 31.4. The van der Waals surface area contributed by atoms with Gasteiger partial charge in [0.25, 0.3) is 0 Å². The van der Waals surface area contributed by atoms with E-state index >= 15 is 0 Å². The number of aliphatic hydroxyl groups excluding tert-OH is 1. The van der Waals surface area contributed by atoms with Gasteiger partial charge in [-0.2, -0.15) is 0 Å². The Balaban J connectivity index is 1.24. The third-order valence-corrected chi connectivity index (χ3v) is 12.3. The Morgan fingerprint density at radius 3 is 2.27 bits per heavy atom. The van der Waals surface area contributed by atoms with E-state index in [0.29, 0.717) is 45.9 Å². The van der Waals surface area contributed by atoms with Crippen molar-refractivity contribution in [1.29, 1.82) is 0 Å². The largest absolute Gasteiger partial charge is 0.494 e. The molecule has 6 rings (SSSR count). The number of sulfone groups is 1. The van der Waals surface area contributed by atoms with Crippen molar-refractivity contribution in [2.45, 2.75) is 78.3 Å². The van der Waals surface area contributed by atoms with E-state index in [0.717, 1.165) is 77.8 Å². The highest BCUT2D eigenvalue weighted by Gasteiger charge is 2.34. The van der Waals surface area contributed by atoms with Crippen molar-refractivity contribution in [2.24, 2.45) is 0 Å². The molecule has 3 aliphatic heterocycles. The van der Waals surface area contributed by atoms with Crippen molar-refractivity contribution in [2.75, 3.05) is 57.0 Å². The van der Waals surface area contributed by atoms with E-state index in [1.807, 2.05) is 19.1 Å². The number of ether oxygens (including phenoxy) is 1. The number of pyridine rings is 1. The average molecular weight is 641 g/mol. The van der Waals surface area contributed by atoms with Gasteiger partial charge in [-0.1, -0.05) is 0 Å². The monoisotopic (exact) mass is 640 g/mol. The molecule has 2 atom stereocenters. The molecule has 11 heteroatoms. The quantitative estimate of drug-likeness (QED) is 0.390. The first-order valence-corrected chi connectivity index (χ1v) is 18.9. The molecule has 0 amide bonds. The van der Waals surface area contributed by atoms with E-state index in [1.165, 1.54) is 6.20 Å². The minimum Gasteiger partial charge on any atom is -0.494 e. The number of anilines is 1. The van der Waals surface area contributed by atoms with Gasteiger partial charge in [0.05, 0.1) is 28.8 Å². The standard InChI is InChI=1S/C33H44N4O5S2/c1-3-42-27-6-9-29(10-7-27)44(40,41)32-22-34-31-11-8-28(43(2)39)21-30(31)33(32)36-19-14-24(15-20-36)35-17-12-25(13-18-35)37-16-4-5-26(38)23-37/h6-11,21-22,24-26,38H,3-5,12-20,23H2,1-2H3/t26-,43-/m1/s1. The molecule has 3 aromatic rings. The van der Waals surface area contributed by atoms with Crippen LogP contribution in [-0.2, 0) is 20.6 Å². The molecule has 9 nitrogen and oxygen atoms in total. The van der Waals surface area contributed by atoms with E-state index in [-0.39, 0.29) is 15.9 Å². The molecule has 1 N–H and O–H groups in total. The molecular weight excluding hydrogens is 597 g/mol. The highest BCUT2D eigenvalue weighted by Crippen LogP contribution is 2.39. The Labute approximate surface area is 263 Å². The van der Waals surface area contributed by atoms with Crippen LogP contribution in [0.15, 0.2) is 63.3 Å². The van der Waals surface area contributed by atoms with Crippen molar-refractivity contribution >= 4 is 37.2 Å². The Morgan fingerprint density at radius 2 is 1.61 bits per heavy atom. The minimum atomic E-state index is -3.90. The van der Waals surface area contributed by atoms with Crippen LogP contribution in [0.1, 0.15) is 45.4 Å². The fourth-order valence-electron chi connectivity index (χ4n) is 7.24. The lowest BCUT2D eigenvalue weighted by atomic mass is 9.95. The zero-order valence-corrected chi connectivity index (χ0v) is 27.4. The van der Waals surface area contributed by atoms with Gasteiger partial charge in [-0.15, -0.1) is 0 Å². The molecule has 4 heterocycles. The van der Waals surface area contributed by atoms with Crippen LogP contribution in [0.2, 0.25) is 0 Å². The maximum Gasteiger partial charge on any atom is 0.210 e. The number of β-amino-alcohol motifs (C(OH)–C–C–N with tert-alkyl or cyclic N) is 1. The Kier molecular flexibility index (Phi) is 9.58.